The molecule has 3 heteroatoms. The summed E-state index contributed by atoms with van der Waals surface area (Å²) in [6.45, 7) is 10.5. The first-order valence-corrected chi connectivity index (χ1v) is 7.85. The molecule has 114 valence electrons. The molecule has 0 radical (unpaired) electrons. The van der Waals surface area contributed by atoms with Crippen LogP contribution in [0.1, 0.15) is 47.0 Å². The van der Waals surface area contributed by atoms with E-state index in [4.69, 9.17) is 9.47 Å². The molecule has 20 heavy (non-hydrogen) atoms. The second-order valence-corrected chi connectivity index (χ2v) is 5.58. The van der Waals surface area contributed by atoms with Gasteiger partial charge < -0.3 is 14.8 Å². The normalized spacial score (nSPS) is 12.4. The predicted molar refractivity (Wildman–Crippen MR) is 83.5 cm³/mol. The molecule has 0 bridgehead atoms. The lowest BCUT2D eigenvalue weighted by molar-refractivity contribution is -0.686. The fourth-order valence-electron chi connectivity index (χ4n) is 1.92. The van der Waals surface area contributed by atoms with Crippen LogP contribution in [0.15, 0.2) is 24.3 Å². The molecule has 0 heterocycles. The van der Waals surface area contributed by atoms with Crippen molar-refractivity contribution < 1.29 is 14.8 Å². The Hall–Kier alpha value is -1.22. The number of quaternary nitrogens is 1. The summed E-state index contributed by atoms with van der Waals surface area (Å²) in [4.78, 5) is 0. The molecule has 0 unspecified atom stereocenters. The molecule has 2 N–H and O–H groups in total. The van der Waals surface area contributed by atoms with Crippen molar-refractivity contribution in [3.05, 3.63) is 24.3 Å². The van der Waals surface area contributed by atoms with Crippen molar-refractivity contribution in [2.24, 2.45) is 0 Å². The van der Waals surface area contributed by atoms with Crippen molar-refractivity contribution in [3.8, 4) is 11.5 Å². The Labute approximate surface area is 123 Å². The van der Waals surface area contributed by atoms with Gasteiger partial charge >= 0.3 is 0 Å². The van der Waals surface area contributed by atoms with E-state index in [2.05, 4.69) is 19.2 Å². The van der Waals surface area contributed by atoms with Crippen LogP contribution in [-0.2, 0) is 0 Å². The second-order valence-electron chi connectivity index (χ2n) is 5.58. The minimum atomic E-state index is 0.171. The van der Waals surface area contributed by atoms with Crippen molar-refractivity contribution in [3.63, 3.8) is 0 Å². The van der Waals surface area contributed by atoms with Gasteiger partial charge in [0.05, 0.1) is 25.3 Å². The molecule has 0 aliphatic carbocycles. The molecule has 0 aliphatic heterocycles. The van der Waals surface area contributed by atoms with Crippen molar-refractivity contribution >= 4 is 0 Å². The summed E-state index contributed by atoms with van der Waals surface area (Å²) in [6.07, 6.45) is 3.68. The van der Waals surface area contributed by atoms with E-state index in [1.54, 1.807) is 0 Å². The molecule has 1 rings (SSSR count). The third kappa shape index (κ3) is 6.80. The fraction of sp³-hybridized carbons (Fsp3) is 0.647. The zero-order chi connectivity index (χ0) is 14.8. The summed E-state index contributed by atoms with van der Waals surface area (Å²) < 4.78 is 11.6. The molecule has 3 nitrogen and oxygen atoms in total. The summed E-state index contributed by atoms with van der Waals surface area (Å²) in [7, 11) is 0. The topological polar surface area (TPSA) is 35.1 Å². The fourth-order valence-corrected chi connectivity index (χ4v) is 1.92. The van der Waals surface area contributed by atoms with Crippen LogP contribution in [0.3, 0.4) is 0 Å². The first-order chi connectivity index (χ1) is 9.63. The molecule has 1 atom stereocenters. The number of hydrogen-bond donors (Lipinski definition) is 1. The third-order valence-corrected chi connectivity index (χ3v) is 3.28. The van der Waals surface area contributed by atoms with Gasteiger partial charge in [-0.15, -0.1) is 0 Å². The van der Waals surface area contributed by atoms with E-state index in [-0.39, 0.29) is 6.10 Å². The van der Waals surface area contributed by atoms with E-state index in [1.807, 2.05) is 38.1 Å². The highest BCUT2D eigenvalue weighted by atomic mass is 16.5. The Morgan fingerprint density at radius 3 is 2.40 bits per heavy atom. The molecular weight excluding hydrogens is 250 g/mol. The van der Waals surface area contributed by atoms with Gasteiger partial charge in [0.2, 0.25) is 0 Å². The van der Waals surface area contributed by atoms with Crippen LogP contribution in [0, 0.1) is 0 Å². The first-order valence-electron chi connectivity index (χ1n) is 7.85. The lowest BCUT2D eigenvalue weighted by atomic mass is 10.2. The maximum absolute atomic E-state index is 5.83. The number of hydrogen-bond acceptors (Lipinski definition) is 2. The first kappa shape index (κ1) is 16.8. The summed E-state index contributed by atoms with van der Waals surface area (Å²) >= 11 is 0. The maximum Gasteiger partial charge on any atom is 0.161 e. The number of unbranched alkanes of at least 4 members (excludes halogenated alkanes) is 1. The van der Waals surface area contributed by atoms with Crippen LogP contribution in [0.2, 0.25) is 0 Å². The Kier molecular flexibility index (Phi) is 8.12. The zero-order valence-corrected chi connectivity index (χ0v) is 13.4. The molecule has 0 aromatic heterocycles. The van der Waals surface area contributed by atoms with Gasteiger partial charge in [0.1, 0.15) is 0 Å². The van der Waals surface area contributed by atoms with Crippen LogP contribution in [0.4, 0.5) is 0 Å². The van der Waals surface area contributed by atoms with Gasteiger partial charge in [0, 0.05) is 0 Å². The van der Waals surface area contributed by atoms with Crippen molar-refractivity contribution in [2.75, 3.05) is 13.2 Å². The van der Waals surface area contributed by atoms with Gasteiger partial charge in [0.25, 0.3) is 0 Å². The van der Waals surface area contributed by atoms with Crippen LogP contribution in [0.25, 0.3) is 0 Å². The summed E-state index contributed by atoms with van der Waals surface area (Å²) in [6, 6.07) is 8.64. The van der Waals surface area contributed by atoms with Crippen LogP contribution >= 0.6 is 0 Å². The predicted octanol–water partition coefficient (Wildman–Crippen LogP) is 2.99. The molecule has 0 aliphatic rings. The highest BCUT2D eigenvalue weighted by Gasteiger charge is 2.06. The smallest absolute Gasteiger partial charge is 0.161 e. The quantitative estimate of drug-likeness (QED) is 0.669. The Balaban J connectivity index is 2.25. The zero-order valence-electron chi connectivity index (χ0n) is 13.4. The SMILES string of the molecule is CC[C@H](C)[NH2+]CCCCOc1ccccc1OC(C)C. The second kappa shape index (κ2) is 9.65. The molecular formula is C17H30NO2+. The summed E-state index contributed by atoms with van der Waals surface area (Å²) in [5, 5.41) is 2.41. The Morgan fingerprint density at radius 2 is 1.75 bits per heavy atom. The van der Waals surface area contributed by atoms with E-state index in [9.17, 15) is 0 Å². The average molecular weight is 280 g/mol. The lowest BCUT2D eigenvalue weighted by Crippen LogP contribution is -2.89. The number of nitrogens with two attached hydrogens (primary N) is 1. The number of ether oxygens (including phenoxy) is 2. The van der Waals surface area contributed by atoms with E-state index in [1.165, 1.54) is 19.4 Å². The maximum atomic E-state index is 5.83. The van der Waals surface area contributed by atoms with Crippen LogP contribution in [0.5, 0.6) is 11.5 Å². The molecule has 0 spiro atoms. The van der Waals surface area contributed by atoms with Gasteiger partial charge in [-0.1, -0.05) is 19.1 Å². The van der Waals surface area contributed by atoms with E-state index in [0.717, 1.165) is 30.6 Å². The highest BCUT2D eigenvalue weighted by Crippen LogP contribution is 2.27. The van der Waals surface area contributed by atoms with Gasteiger partial charge in [-0.2, -0.15) is 0 Å². The van der Waals surface area contributed by atoms with Crippen molar-refractivity contribution in [1.29, 1.82) is 0 Å². The van der Waals surface area contributed by atoms with E-state index in [0.29, 0.717) is 0 Å². The average Bonchev–Trinajstić information content (AvgIpc) is 2.43. The van der Waals surface area contributed by atoms with Gasteiger partial charge in [0.15, 0.2) is 11.5 Å². The van der Waals surface area contributed by atoms with Gasteiger partial charge in [-0.25, -0.2) is 0 Å². The van der Waals surface area contributed by atoms with Crippen molar-refractivity contribution in [1.82, 2.24) is 0 Å². The number of rotatable bonds is 10. The van der Waals surface area contributed by atoms with Crippen LogP contribution in [-0.4, -0.2) is 25.3 Å². The number of benzene rings is 1. The molecule has 0 saturated heterocycles. The molecule has 0 saturated carbocycles. The van der Waals surface area contributed by atoms with E-state index >= 15 is 0 Å². The molecule has 1 aromatic rings. The standard InChI is InChI=1S/C17H29NO2/c1-5-15(4)18-12-8-9-13-19-16-10-6-7-11-17(16)20-14(2)3/h6-7,10-11,14-15,18H,5,8-9,12-13H2,1-4H3/p+1/t15-/m0/s1. The van der Waals surface area contributed by atoms with Crippen molar-refractivity contribution in [2.45, 2.75) is 59.1 Å². The summed E-state index contributed by atoms with van der Waals surface area (Å²) in [5.74, 6) is 1.70. The van der Waals surface area contributed by atoms with Gasteiger partial charge in [-0.3, -0.25) is 0 Å². The lowest BCUT2D eigenvalue weighted by Gasteiger charge is -2.14. The van der Waals surface area contributed by atoms with E-state index < -0.39 is 0 Å². The molecule has 1 aromatic carbocycles. The molecule has 0 amide bonds. The third-order valence-electron chi connectivity index (χ3n) is 3.28. The highest BCUT2D eigenvalue weighted by molar-refractivity contribution is 5.39. The minimum absolute atomic E-state index is 0.171. The monoisotopic (exact) mass is 280 g/mol. The van der Waals surface area contributed by atoms with Crippen LogP contribution < -0.4 is 14.8 Å². The molecule has 0 fully saturated rings. The number of para-hydroxylation sites is 2. The van der Waals surface area contributed by atoms with Gasteiger partial charge in [-0.05, 0) is 52.2 Å². The minimum Gasteiger partial charge on any atom is -0.490 e. The summed E-state index contributed by atoms with van der Waals surface area (Å²) in [5.41, 5.74) is 0. The Bertz CT molecular complexity index is 366. The largest absolute Gasteiger partial charge is 0.490 e. The Morgan fingerprint density at radius 1 is 1.05 bits per heavy atom.